The first-order valence-corrected chi connectivity index (χ1v) is 4.39. The summed E-state index contributed by atoms with van der Waals surface area (Å²) in [5.74, 6) is 0. The summed E-state index contributed by atoms with van der Waals surface area (Å²) in [6.45, 7) is 0. The number of nitriles is 1. The summed E-state index contributed by atoms with van der Waals surface area (Å²) in [4.78, 5) is 3.69. The van der Waals surface area contributed by atoms with Gasteiger partial charge in [-0.15, -0.1) is 0 Å². The van der Waals surface area contributed by atoms with Gasteiger partial charge in [-0.3, -0.25) is 4.98 Å². The van der Waals surface area contributed by atoms with E-state index in [2.05, 4.69) is 4.98 Å². The predicted molar refractivity (Wildman–Crippen MR) is 51.5 cm³/mol. The highest BCUT2D eigenvalue weighted by atomic mass is 19.4. The highest BCUT2D eigenvalue weighted by molar-refractivity contribution is 5.87. The van der Waals surface area contributed by atoms with Gasteiger partial charge in [0.1, 0.15) is 0 Å². The molecule has 1 aromatic carbocycles. The van der Waals surface area contributed by atoms with Crippen LogP contribution in [0.1, 0.15) is 11.1 Å². The molecule has 0 saturated carbocycles. The summed E-state index contributed by atoms with van der Waals surface area (Å²) in [6, 6.07) is 6.84. The summed E-state index contributed by atoms with van der Waals surface area (Å²) >= 11 is 0. The lowest BCUT2D eigenvalue weighted by Crippen LogP contribution is -2.06. The van der Waals surface area contributed by atoms with Crippen molar-refractivity contribution in [1.82, 2.24) is 4.98 Å². The molecule has 0 unspecified atom stereocenters. The topological polar surface area (TPSA) is 36.7 Å². The molecule has 0 saturated heterocycles. The fraction of sp³-hybridized carbons (Fsp3) is 0.0909. The van der Waals surface area contributed by atoms with Crippen molar-refractivity contribution in [2.45, 2.75) is 6.18 Å². The lowest BCUT2D eigenvalue weighted by Gasteiger charge is -2.09. The fourth-order valence-electron chi connectivity index (χ4n) is 1.50. The molecule has 2 aromatic rings. The zero-order valence-corrected chi connectivity index (χ0v) is 7.92. The zero-order valence-electron chi connectivity index (χ0n) is 7.92. The molecule has 0 bridgehead atoms. The van der Waals surface area contributed by atoms with Crippen molar-refractivity contribution in [2.75, 3.05) is 0 Å². The molecule has 0 radical (unpaired) electrons. The Bertz CT molecular complexity index is 582. The van der Waals surface area contributed by atoms with Crippen LogP contribution in [0.4, 0.5) is 13.2 Å². The molecule has 0 fully saturated rings. The van der Waals surface area contributed by atoms with Gasteiger partial charge in [0.15, 0.2) is 0 Å². The second-order valence-corrected chi connectivity index (χ2v) is 3.17. The van der Waals surface area contributed by atoms with Gasteiger partial charge < -0.3 is 0 Å². The molecule has 0 spiro atoms. The van der Waals surface area contributed by atoms with E-state index >= 15 is 0 Å². The maximum Gasteiger partial charge on any atom is 0.418 e. The van der Waals surface area contributed by atoms with Gasteiger partial charge in [0.25, 0.3) is 0 Å². The Morgan fingerprint density at radius 3 is 2.56 bits per heavy atom. The van der Waals surface area contributed by atoms with E-state index < -0.39 is 11.7 Å². The monoisotopic (exact) mass is 222 g/mol. The van der Waals surface area contributed by atoms with Crippen LogP contribution >= 0.6 is 0 Å². The largest absolute Gasteiger partial charge is 0.418 e. The molecule has 0 aliphatic rings. The molecule has 16 heavy (non-hydrogen) atoms. The Labute approximate surface area is 89.0 Å². The van der Waals surface area contributed by atoms with Crippen LogP contribution in [-0.2, 0) is 6.18 Å². The molecule has 80 valence electrons. The summed E-state index contributed by atoms with van der Waals surface area (Å²) in [7, 11) is 0. The zero-order chi connectivity index (χ0) is 11.8. The quantitative estimate of drug-likeness (QED) is 0.686. The number of nitrogens with zero attached hydrogens (tertiary/aromatic N) is 2. The molecule has 1 aromatic heterocycles. The van der Waals surface area contributed by atoms with Crippen LogP contribution in [0.5, 0.6) is 0 Å². The van der Waals surface area contributed by atoms with Gasteiger partial charge in [-0.05, 0) is 24.3 Å². The standard InChI is InChI=1S/C11H5F3N2/c12-11(13,14)9-4-3-7(6-15)8-2-1-5-16-10(8)9/h1-5H. The van der Waals surface area contributed by atoms with Crippen molar-refractivity contribution >= 4 is 10.9 Å². The van der Waals surface area contributed by atoms with Gasteiger partial charge in [-0.25, -0.2) is 0 Å². The Hall–Kier alpha value is -2.09. The molecule has 0 aliphatic heterocycles. The van der Waals surface area contributed by atoms with Crippen LogP contribution in [-0.4, -0.2) is 4.98 Å². The third kappa shape index (κ3) is 1.58. The third-order valence-corrected chi connectivity index (χ3v) is 2.20. The molecule has 2 rings (SSSR count). The van der Waals surface area contributed by atoms with Crippen LogP contribution in [0, 0.1) is 11.3 Å². The fourth-order valence-corrected chi connectivity index (χ4v) is 1.50. The van der Waals surface area contributed by atoms with Crippen LogP contribution in [0.3, 0.4) is 0 Å². The lowest BCUT2D eigenvalue weighted by molar-refractivity contribution is -0.136. The van der Waals surface area contributed by atoms with Crippen molar-refractivity contribution in [3.05, 3.63) is 41.6 Å². The molecule has 0 amide bonds. The van der Waals surface area contributed by atoms with E-state index in [1.54, 1.807) is 0 Å². The highest BCUT2D eigenvalue weighted by Crippen LogP contribution is 2.34. The van der Waals surface area contributed by atoms with E-state index in [-0.39, 0.29) is 16.5 Å². The average Bonchev–Trinajstić information content (AvgIpc) is 2.26. The normalized spacial score (nSPS) is 11.4. The summed E-state index contributed by atoms with van der Waals surface area (Å²) in [5.41, 5.74) is -0.813. The average molecular weight is 222 g/mol. The van der Waals surface area contributed by atoms with Crippen LogP contribution in [0.25, 0.3) is 10.9 Å². The van der Waals surface area contributed by atoms with E-state index in [0.717, 1.165) is 12.1 Å². The maximum absolute atomic E-state index is 12.6. The van der Waals surface area contributed by atoms with E-state index in [0.29, 0.717) is 0 Å². The summed E-state index contributed by atoms with van der Waals surface area (Å²) < 4.78 is 37.9. The number of fused-ring (bicyclic) bond motifs is 1. The van der Waals surface area contributed by atoms with Gasteiger partial charge >= 0.3 is 6.18 Å². The van der Waals surface area contributed by atoms with Gasteiger partial charge in [0, 0.05) is 11.6 Å². The van der Waals surface area contributed by atoms with Crippen LogP contribution in [0.15, 0.2) is 30.5 Å². The maximum atomic E-state index is 12.6. The first-order valence-electron chi connectivity index (χ1n) is 4.39. The number of benzene rings is 1. The molecule has 0 atom stereocenters. The Morgan fingerprint density at radius 2 is 1.94 bits per heavy atom. The number of pyridine rings is 1. The Kier molecular flexibility index (Phi) is 2.27. The minimum atomic E-state index is -4.46. The summed E-state index contributed by atoms with van der Waals surface area (Å²) in [6.07, 6.45) is -3.18. The van der Waals surface area contributed by atoms with Gasteiger partial charge in [0.05, 0.1) is 22.7 Å². The van der Waals surface area contributed by atoms with Crippen molar-refractivity contribution in [1.29, 1.82) is 5.26 Å². The molecule has 2 nitrogen and oxygen atoms in total. The van der Waals surface area contributed by atoms with Crippen molar-refractivity contribution in [3.63, 3.8) is 0 Å². The van der Waals surface area contributed by atoms with Gasteiger partial charge in [-0.1, -0.05) is 0 Å². The number of hydrogen-bond acceptors (Lipinski definition) is 2. The van der Waals surface area contributed by atoms with Crippen molar-refractivity contribution in [3.8, 4) is 6.07 Å². The third-order valence-electron chi connectivity index (χ3n) is 2.20. The molecule has 0 N–H and O–H groups in total. The van der Waals surface area contributed by atoms with Crippen molar-refractivity contribution < 1.29 is 13.2 Å². The molecule has 5 heteroatoms. The first-order chi connectivity index (χ1) is 7.54. The molecule has 1 heterocycles. The highest BCUT2D eigenvalue weighted by Gasteiger charge is 2.33. The van der Waals surface area contributed by atoms with Gasteiger partial charge in [-0.2, -0.15) is 18.4 Å². The second-order valence-electron chi connectivity index (χ2n) is 3.17. The van der Waals surface area contributed by atoms with Gasteiger partial charge in [0.2, 0.25) is 0 Å². The first kappa shape index (κ1) is 10.4. The number of halogens is 3. The van der Waals surface area contributed by atoms with E-state index in [1.807, 2.05) is 6.07 Å². The Balaban J connectivity index is 2.87. The molecule has 0 aliphatic carbocycles. The second kappa shape index (κ2) is 3.49. The number of hydrogen-bond donors (Lipinski definition) is 0. The number of aromatic nitrogens is 1. The number of rotatable bonds is 0. The van der Waals surface area contributed by atoms with E-state index in [9.17, 15) is 13.2 Å². The minimum absolute atomic E-state index is 0.186. The smallest absolute Gasteiger partial charge is 0.256 e. The minimum Gasteiger partial charge on any atom is -0.256 e. The SMILES string of the molecule is N#Cc1ccc(C(F)(F)F)c2ncccc12. The predicted octanol–water partition coefficient (Wildman–Crippen LogP) is 3.13. The van der Waals surface area contributed by atoms with E-state index in [1.165, 1.54) is 18.3 Å². The van der Waals surface area contributed by atoms with Crippen LogP contribution in [0.2, 0.25) is 0 Å². The van der Waals surface area contributed by atoms with Crippen LogP contribution < -0.4 is 0 Å². The molecular formula is C11H5F3N2. The molecular weight excluding hydrogens is 217 g/mol. The Morgan fingerprint density at radius 1 is 1.19 bits per heavy atom. The van der Waals surface area contributed by atoms with E-state index in [4.69, 9.17) is 5.26 Å². The number of alkyl halides is 3. The van der Waals surface area contributed by atoms with Crippen molar-refractivity contribution in [2.24, 2.45) is 0 Å². The lowest BCUT2D eigenvalue weighted by atomic mass is 10.0. The summed E-state index contributed by atoms with van der Waals surface area (Å²) in [5, 5.41) is 8.99.